The minimum absolute atomic E-state index is 0.588. The lowest BCUT2D eigenvalue weighted by molar-refractivity contribution is 0.221. The Hall–Kier alpha value is -2.26. The highest BCUT2D eigenvalue weighted by molar-refractivity contribution is 5.80. The number of aromatic nitrogens is 1. The largest absolute Gasteiger partial charge is 0.384 e. The normalized spacial score (nSPS) is 15.1. The quantitative estimate of drug-likeness (QED) is 0.665. The van der Waals surface area contributed by atoms with Crippen molar-refractivity contribution in [1.82, 2.24) is 4.98 Å². The predicted octanol–water partition coefficient (Wildman–Crippen LogP) is 3.22. The molecular formula is C17H16N2O. The number of aromatic amines is 1. The van der Waals surface area contributed by atoms with E-state index in [-0.39, 0.29) is 0 Å². The number of hydrogen-bond acceptors (Lipinski definition) is 2. The summed E-state index contributed by atoms with van der Waals surface area (Å²) in [7, 11) is 0. The zero-order valence-electron chi connectivity index (χ0n) is 11.1. The van der Waals surface area contributed by atoms with E-state index < -0.39 is 6.10 Å². The summed E-state index contributed by atoms with van der Waals surface area (Å²) in [6, 6.07) is 14.2. The molecule has 1 atom stereocenters. The molecule has 0 bridgehead atoms. The van der Waals surface area contributed by atoms with Crippen LogP contribution in [-0.4, -0.2) is 16.6 Å². The van der Waals surface area contributed by atoms with Gasteiger partial charge in [-0.15, -0.1) is 0 Å². The van der Waals surface area contributed by atoms with Gasteiger partial charge in [0.05, 0.1) is 0 Å². The lowest BCUT2D eigenvalue weighted by Gasteiger charge is -2.16. The van der Waals surface area contributed by atoms with Gasteiger partial charge in [-0.25, -0.2) is 0 Å². The number of para-hydroxylation sites is 1. The first-order chi connectivity index (χ1) is 9.83. The molecular weight excluding hydrogens is 248 g/mol. The number of hydrogen-bond donors (Lipinski definition) is 3. The molecule has 0 aliphatic carbocycles. The van der Waals surface area contributed by atoms with Crippen molar-refractivity contribution in [2.75, 3.05) is 11.9 Å². The standard InChI is InChI=1S/C17H16N2O/c20-17(13-4-5-15-12(10-13)7-8-18-15)14-3-1-2-11-6-9-19-16(11)14/h1-5,7-8,10,17-20H,6,9H2. The topological polar surface area (TPSA) is 48.0 Å². The Labute approximate surface area is 117 Å². The van der Waals surface area contributed by atoms with Crippen LogP contribution in [-0.2, 0) is 6.42 Å². The van der Waals surface area contributed by atoms with Crippen LogP contribution in [0.15, 0.2) is 48.7 Å². The minimum Gasteiger partial charge on any atom is -0.384 e. The fraction of sp³-hybridized carbons (Fsp3) is 0.176. The van der Waals surface area contributed by atoms with Crippen molar-refractivity contribution in [2.45, 2.75) is 12.5 Å². The van der Waals surface area contributed by atoms with Crippen LogP contribution in [0.25, 0.3) is 10.9 Å². The van der Waals surface area contributed by atoms with Gasteiger partial charge in [-0.2, -0.15) is 0 Å². The molecule has 0 spiro atoms. The third-order valence-electron chi connectivity index (χ3n) is 4.07. The van der Waals surface area contributed by atoms with Crippen LogP contribution in [0.2, 0.25) is 0 Å². The SMILES string of the molecule is OC(c1ccc2[nH]ccc2c1)c1cccc2c1NCC2. The Morgan fingerprint density at radius 3 is 3.00 bits per heavy atom. The van der Waals surface area contributed by atoms with Gasteiger partial charge in [-0.1, -0.05) is 24.3 Å². The number of anilines is 1. The second-order valence-corrected chi connectivity index (χ2v) is 5.29. The number of aliphatic hydroxyl groups is 1. The van der Waals surface area contributed by atoms with Gasteiger partial charge in [-0.3, -0.25) is 0 Å². The van der Waals surface area contributed by atoms with Gasteiger partial charge in [0.2, 0.25) is 0 Å². The maximum atomic E-state index is 10.7. The van der Waals surface area contributed by atoms with E-state index in [1.165, 1.54) is 5.56 Å². The van der Waals surface area contributed by atoms with Crippen molar-refractivity contribution >= 4 is 16.6 Å². The second-order valence-electron chi connectivity index (χ2n) is 5.29. The number of H-pyrrole nitrogens is 1. The van der Waals surface area contributed by atoms with Gasteiger partial charge in [0.15, 0.2) is 0 Å². The van der Waals surface area contributed by atoms with Gasteiger partial charge < -0.3 is 15.4 Å². The van der Waals surface area contributed by atoms with E-state index in [2.05, 4.69) is 16.4 Å². The molecule has 1 aromatic heterocycles. The number of aliphatic hydroxyl groups excluding tert-OH is 1. The fourth-order valence-electron chi connectivity index (χ4n) is 3.02. The molecule has 3 heteroatoms. The highest BCUT2D eigenvalue weighted by Crippen LogP contribution is 2.34. The Balaban J connectivity index is 1.80. The number of benzene rings is 2. The maximum absolute atomic E-state index is 10.7. The van der Waals surface area contributed by atoms with Gasteiger partial charge in [0.25, 0.3) is 0 Å². The van der Waals surface area contributed by atoms with E-state index in [0.29, 0.717) is 0 Å². The van der Waals surface area contributed by atoms with Crippen LogP contribution in [0, 0.1) is 0 Å². The molecule has 3 N–H and O–H groups in total. The summed E-state index contributed by atoms with van der Waals surface area (Å²) in [6.45, 7) is 0.954. The molecule has 0 radical (unpaired) electrons. The van der Waals surface area contributed by atoms with E-state index in [9.17, 15) is 5.11 Å². The molecule has 20 heavy (non-hydrogen) atoms. The van der Waals surface area contributed by atoms with Gasteiger partial charge in [0.1, 0.15) is 6.10 Å². The van der Waals surface area contributed by atoms with Crippen molar-refractivity contribution < 1.29 is 5.11 Å². The number of fused-ring (bicyclic) bond motifs is 2. The van der Waals surface area contributed by atoms with Crippen LogP contribution in [0.4, 0.5) is 5.69 Å². The molecule has 1 aliphatic heterocycles. The van der Waals surface area contributed by atoms with E-state index in [1.807, 2.05) is 42.6 Å². The van der Waals surface area contributed by atoms with Gasteiger partial charge in [-0.05, 0) is 41.1 Å². The second kappa shape index (κ2) is 4.39. The number of nitrogens with one attached hydrogen (secondary N) is 2. The van der Waals surface area contributed by atoms with E-state index >= 15 is 0 Å². The van der Waals surface area contributed by atoms with Crippen molar-refractivity contribution in [3.05, 3.63) is 65.4 Å². The molecule has 100 valence electrons. The Bertz CT molecular complexity index is 776. The van der Waals surface area contributed by atoms with Crippen molar-refractivity contribution in [1.29, 1.82) is 0 Å². The molecule has 0 fully saturated rings. The fourth-order valence-corrected chi connectivity index (χ4v) is 3.02. The Morgan fingerprint density at radius 2 is 2.05 bits per heavy atom. The molecule has 2 aromatic carbocycles. The Morgan fingerprint density at radius 1 is 1.10 bits per heavy atom. The first-order valence-corrected chi connectivity index (χ1v) is 6.94. The summed E-state index contributed by atoms with van der Waals surface area (Å²) in [5.74, 6) is 0. The third kappa shape index (κ3) is 1.71. The summed E-state index contributed by atoms with van der Waals surface area (Å²) in [5.41, 5.74) is 5.39. The zero-order valence-corrected chi connectivity index (χ0v) is 11.1. The highest BCUT2D eigenvalue weighted by Gasteiger charge is 2.20. The van der Waals surface area contributed by atoms with Crippen molar-refractivity contribution in [3.8, 4) is 0 Å². The first kappa shape index (κ1) is 11.6. The molecule has 0 saturated carbocycles. The molecule has 1 unspecified atom stereocenters. The van der Waals surface area contributed by atoms with Crippen LogP contribution in [0.3, 0.4) is 0 Å². The summed E-state index contributed by atoms with van der Waals surface area (Å²) in [6.07, 6.45) is 2.37. The summed E-state index contributed by atoms with van der Waals surface area (Å²) < 4.78 is 0. The number of rotatable bonds is 2. The lowest BCUT2D eigenvalue weighted by Crippen LogP contribution is -2.03. The van der Waals surface area contributed by atoms with E-state index in [0.717, 1.165) is 40.7 Å². The molecule has 2 heterocycles. The lowest BCUT2D eigenvalue weighted by atomic mass is 9.97. The first-order valence-electron chi connectivity index (χ1n) is 6.94. The molecule has 4 rings (SSSR count). The zero-order chi connectivity index (χ0) is 13.5. The van der Waals surface area contributed by atoms with Crippen LogP contribution in [0.1, 0.15) is 22.8 Å². The van der Waals surface area contributed by atoms with Crippen molar-refractivity contribution in [2.24, 2.45) is 0 Å². The predicted molar refractivity (Wildman–Crippen MR) is 81.0 cm³/mol. The minimum atomic E-state index is -0.588. The Kier molecular flexibility index (Phi) is 2.54. The smallest absolute Gasteiger partial charge is 0.106 e. The van der Waals surface area contributed by atoms with E-state index in [1.54, 1.807) is 0 Å². The molecule has 0 amide bonds. The van der Waals surface area contributed by atoms with Gasteiger partial charge in [0, 0.05) is 29.5 Å². The van der Waals surface area contributed by atoms with E-state index in [4.69, 9.17) is 0 Å². The molecule has 3 aromatic rings. The van der Waals surface area contributed by atoms with Crippen LogP contribution < -0.4 is 5.32 Å². The third-order valence-corrected chi connectivity index (χ3v) is 4.07. The van der Waals surface area contributed by atoms with Crippen molar-refractivity contribution in [3.63, 3.8) is 0 Å². The van der Waals surface area contributed by atoms with Crippen LogP contribution >= 0.6 is 0 Å². The molecule has 1 aliphatic rings. The van der Waals surface area contributed by atoms with Crippen LogP contribution in [0.5, 0.6) is 0 Å². The molecule has 0 saturated heterocycles. The monoisotopic (exact) mass is 264 g/mol. The highest BCUT2D eigenvalue weighted by atomic mass is 16.3. The summed E-state index contributed by atoms with van der Waals surface area (Å²) >= 11 is 0. The average Bonchev–Trinajstić information content (AvgIpc) is 3.13. The molecule has 3 nitrogen and oxygen atoms in total. The van der Waals surface area contributed by atoms with Gasteiger partial charge >= 0.3 is 0 Å². The summed E-state index contributed by atoms with van der Waals surface area (Å²) in [4.78, 5) is 3.17. The average molecular weight is 264 g/mol. The maximum Gasteiger partial charge on any atom is 0.106 e. The summed E-state index contributed by atoms with van der Waals surface area (Å²) in [5, 5.41) is 15.2.